The van der Waals surface area contributed by atoms with Crippen molar-refractivity contribution in [2.45, 2.75) is 25.4 Å². The maximum Gasteiger partial charge on any atom is 0.178 e. The summed E-state index contributed by atoms with van der Waals surface area (Å²) in [5.74, 6) is 1.28. The zero-order valence-corrected chi connectivity index (χ0v) is 12.6. The molecule has 0 saturated heterocycles. The lowest BCUT2D eigenvalue weighted by Gasteiger charge is -2.07. The lowest BCUT2D eigenvalue weighted by Crippen LogP contribution is -2.02. The summed E-state index contributed by atoms with van der Waals surface area (Å²) in [6.07, 6.45) is 4.32. The summed E-state index contributed by atoms with van der Waals surface area (Å²) in [5.41, 5.74) is 2.23. The second-order valence-electron chi connectivity index (χ2n) is 5.09. The molecule has 2 N–H and O–H groups in total. The van der Waals surface area contributed by atoms with Crippen LogP contribution >= 0.6 is 11.6 Å². The highest BCUT2D eigenvalue weighted by Crippen LogP contribution is 2.22. The number of hydrogen-bond donors (Lipinski definition) is 2. The number of aromatic amines is 1. The van der Waals surface area contributed by atoms with E-state index in [4.69, 9.17) is 16.0 Å². The first-order chi connectivity index (χ1) is 10.7. The molecule has 2 aromatic heterocycles. The molecular weight excluding hydrogens is 302 g/mol. The molecule has 0 bridgehead atoms. The van der Waals surface area contributed by atoms with Gasteiger partial charge in [0.15, 0.2) is 5.82 Å². The Morgan fingerprint density at radius 1 is 1.32 bits per heavy atom. The Morgan fingerprint density at radius 3 is 3.00 bits per heavy atom. The van der Waals surface area contributed by atoms with Crippen molar-refractivity contribution in [2.24, 2.45) is 0 Å². The Kier molecular flexibility index (Phi) is 4.56. The summed E-state index contributed by atoms with van der Waals surface area (Å²) in [6.45, 7) is 0. The van der Waals surface area contributed by atoms with Crippen LogP contribution in [0.1, 0.15) is 35.2 Å². The average Bonchev–Trinajstić information content (AvgIpc) is 3.16. The van der Waals surface area contributed by atoms with Gasteiger partial charge in [0, 0.05) is 17.9 Å². The number of nitrogens with zero attached hydrogens (tertiary/aromatic N) is 2. The van der Waals surface area contributed by atoms with Crippen molar-refractivity contribution in [3.63, 3.8) is 0 Å². The maximum absolute atomic E-state index is 10.0. The Hall–Kier alpha value is -2.11. The van der Waals surface area contributed by atoms with Crippen molar-refractivity contribution in [2.75, 3.05) is 0 Å². The molecule has 114 valence electrons. The number of aryl methyl sites for hydroxylation is 1. The van der Waals surface area contributed by atoms with Crippen molar-refractivity contribution in [3.05, 3.63) is 70.7 Å². The van der Waals surface area contributed by atoms with Crippen LogP contribution in [-0.2, 0) is 12.8 Å². The van der Waals surface area contributed by atoms with Gasteiger partial charge >= 0.3 is 0 Å². The van der Waals surface area contributed by atoms with E-state index in [1.165, 1.54) is 6.33 Å². The summed E-state index contributed by atoms with van der Waals surface area (Å²) in [4.78, 5) is 3.95. The van der Waals surface area contributed by atoms with E-state index in [1.807, 2.05) is 30.3 Å². The normalized spacial score (nSPS) is 12.5. The first kappa shape index (κ1) is 14.8. The zero-order valence-electron chi connectivity index (χ0n) is 11.9. The molecule has 3 rings (SSSR count). The largest absolute Gasteiger partial charge is 0.469 e. The van der Waals surface area contributed by atoms with E-state index in [0.717, 1.165) is 28.3 Å². The van der Waals surface area contributed by atoms with Crippen LogP contribution in [0.3, 0.4) is 0 Å². The molecule has 0 aliphatic rings. The van der Waals surface area contributed by atoms with Crippen LogP contribution in [0, 0.1) is 0 Å². The quantitative estimate of drug-likeness (QED) is 0.731. The predicted molar refractivity (Wildman–Crippen MR) is 82.6 cm³/mol. The van der Waals surface area contributed by atoms with Crippen molar-refractivity contribution >= 4 is 11.6 Å². The van der Waals surface area contributed by atoms with E-state index in [0.29, 0.717) is 18.7 Å². The summed E-state index contributed by atoms with van der Waals surface area (Å²) in [7, 11) is 0. The van der Waals surface area contributed by atoms with Gasteiger partial charge in [0.1, 0.15) is 18.2 Å². The van der Waals surface area contributed by atoms with Gasteiger partial charge in [0.05, 0.1) is 6.26 Å². The molecule has 1 unspecified atom stereocenters. The molecule has 2 heterocycles. The number of aromatic nitrogens is 3. The van der Waals surface area contributed by atoms with Gasteiger partial charge in [0.25, 0.3) is 0 Å². The number of hydrogen-bond acceptors (Lipinski definition) is 4. The molecule has 22 heavy (non-hydrogen) atoms. The summed E-state index contributed by atoms with van der Waals surface area (Å²) >= 11 is 6.01. The van der Waals surface area contributed by atoms with E-state index in [-0.39, 0.29) is 0 Å². The number of benzene rings is 1. The second-order valence-corrected chi connectivity index (χ2v) is 5.52. The first-order valence-electron chi connectivity index (χ1n) is 7.06. The van der Waals surface area contributed by atoms with Gasteiger partial charge < -0.3 is 9.52 Å². The molecule has 0 aliphatic carbocycles. The van der Waals surface area contributed by atoms with Gasteiger partial charge in [-0.25, -0.2) is 4.98 Å². The van der Waals surface area contributed by atoms with Crippen molar-refractivity contribution in [1.82, 2.24) is 15.2 Å². The predicted octanol–water partition coefficient (Wildman–Crippen LogP) is 3.31. The number of aliphatic hydroxyl groups excluding tert-OH is 1. The fourth-order valence-corrected chi connectivity index (χ4v) is 2.60. The van der Waals surface area contributed by atoms with Crippen molar-refractivity contribution < 1.29 is 9.52 Å². The van der Waals surface area contributed by atoms with Crippen LogP contribution in [0.2, 0.25) is 5.02 Å². The third-order valence-corrected chi connectivity index (χ3v) is 3.73. The Labute approximate surface area is 133 Å². The molecule has 3 aromatic rings. The minimum Gasteiger partial charge on any atom is -0.469 e. The van der Waals surface area contributed by atoms with Crippen LogP contribution in [0.15, 0.2) is 47.3 Å². The van der Waals surface area contributed by atoms with Crippen molar-refractivity contribution in [3.8, 4) is 0 Å². The Balaban J connectivity index is 1.65. The Bertz CT molecular complexity index is 725. The minimum absolute atomic E-state index is 0.406. The number of nitrogens with one attached hydrogen (secondary N) is 1. The van der Waals surface area contributed by atoms with E-state index < -0.39 is 6.10 Å². The standard InChI is InChI=1S/C16H16ClN3O2/c17-13-3-1-2-11(9-13)8-12-6-7-22-15(12)5-4-14(21)16-18-10-19-20-16/h1-3,6-7,9-10,14,21H,4-5,8H2,(H,18,19,20). The summed E-state index contributed by atoms with van der Waals surface area (Å²) in [5, 5.41) is 17.2. The highest BCUT2D eigenvalue weighted by Gasteiger charge is 2.14. The van der Waals surface area contributed by atoms with E-state index >= 15 is 0 Å². The lowest BCUT2D eigenvalue weighted by molar-refractivity contribution is 0.156. The topological polar surface area (TPSA) is 74.9 Å². The first-order valence-corrected chi connectivity index (χ1v) is 7.43. The molecule has 0 amide bonds. The number of rotatable bonds is 6. The van der Waals surface area contributed by atoms with Crippen LogP contribution in [0.4, 0.5) is 0 Å². The molecule has 0 saturated carbocycles. The monoisotopic (exact) mass is 317 g/mol. The van der Waals surface area contributed by atoms with E-state index in [9.17, 15) is 5.11 Å². The van der Waals surface area contributed by atoms with Crippen LogP contribution < -0.4 is 0 Å². The zero-order chi connectivity index (χ0) is 15.4. The number of aliphatic hydroxyl groups is 1. The van der Waals surface area contributed by atoms with E-state index in [1.54, 1.807) is 6.26 Å². The van der Waals surface area contributed by atoms with Gasteiger partial charge in [-0.1, -0.05) is 23.7 Å². The highest BCUT2D eigenvalue weighted by molar-refractivity contribution is 6.30. The third kappa shape index (κ3) is 3.55. The second kappa shape index (κ2) is 6.77. The van der Waals surface area contributed by atoms with Gasteiger partial charge in [-0.05, 0) is 35.7 Å². The van der Waals surface area contributed by atoms with Crippen LogP contribution in [0.5, 0.6) is 0 Å². The molecule has 0 spiro atoms. The van der Waals surface area contributed by atoms with Crippen molar-refractivity contribution in [1.29, 1.82) is 0 Å². The Morgan fingerprint density at radius 2 is 2.23 bits per heavy atom. The molecule has 0 fully saturated rings. The lowest BCUT2D eigenvalue weighted by atomic mass is 10.0. The van der Waals surface area contributed by atoms with Gasteiger partial charge in [-0.2, -0.15) is 5.10 Å². The molecule has 0 aliphatic heterocycles. The molecular formula is C16H16ClN3O2. The summed E-state index contributed by atoms with van der Waals surface area (Å²) in [6, 6.07) is 9.72. The number of H-pyrrole nitrogens is 1. The van der Waals surface area contributed by atoms with Crippen LogP contribution in [0.25, 0.3) is 0 Å². The van der Waals surface area contributed by atoms with Gasteiger partial charge in [-0.3, -0.25) is 5.10 Å². The highest BCUT2D eigenvalue weighted by atomic mass is 35.5. The smallest absolute Gasteiger partial charge is 0.178 e. The SMILES string of the molecule is OC(CCc1occc1Cc1cccc(Cl)c1)c1nc[nH]n1. The van der Waals surface area contributed by atoms with Gasteiger partial charge in [-0.15, -0.1) is 0 Å². The molecule has 1 aromatic carbocycles. The number of halogens is 1. The molecule has 5 nitrogen and oxygen atoms in total. The average molecular weight is 318 g/mol. The molecule has 0 radical (unpaired) electrons. The molecule has 6 heteroatoms. The fourth-order valence-electron chi connectivity index (χ4n) is 2.39. The van der Waals surface area contributed by atoms with Gasteiger partial charge in [0.2, 0.25) is 0 Å². The van der Waals surface area contributed by atoms with E-state index in [2.05, 4.69) is 15.2 Å². The van der Waals surface area contributed by atoms with Crippen LogP contribution in [-0.4, -0.2) is 20.3 Å². The summed E-state index contributed by atoms with van der Waals surface area (Å²) < 4.78 is 5.54. The third-order valence-electron chi connectivity index (χ3n) is 3.50. The molecule has 1 atom stereocenters. The maximum atomic E-state index is 10.0. The minimum atomic E-state index is -0.699. The fraction of sp³-hybridized carbons (Fsp3) is 0.250. The number of furan rings is 1.